The van der Waals surface area contributed by atoms with E-state index in [1.807, 2.05) is 72.8 Å². The molecule has 1 unspecified atom stereocenters. The normalized spacial score (nSPS) is 13.6. The number of rotatable bonds is 21. The van der Waals surface area contributed by atoms with Gasteiger partial charge in [-0.2, -0.15) is 0 Å². The average Bonchev–Trinajstić information content (AvgIpc) is 3.21. The zero-order valence-electron chi connectivity index (χ0n) is 31.4. The number of ether oxygens (including phenoxy) is 5. The second-order valence-corrected chi connectivity index (χ2v) is 13.1. The van der Waals surface area contributed by atoms with E-state index in [1.54, 1.807) is 20.3 Å². The van der Waals surface area contributed by atoms with E-state index in [4.69, 9.17) is 23.7 Å². The van der Waals surface area contributed by atoms with Crippen LogP contribution in [-0.4, -0.2) is 55.8 Å². The van der Waals surface area contributed by atoms with Gasteiger partial charge in [-0.05, 0) is 83.6 Å². The van der Waals surface area contributed by atoms with E-state index in [9.17, 15) is 20.1 Å². The summed E-state index contributed by atoms with van der Waals surface area (Å²) in [7, 11) is 4.74. The maximum absolute atomic E-state index is 12.5. The van der Waals surface area contributed by atoms with Gasteiger partial charge in [0, 0.05) is 16.8 Å². The predicted octanol–water partition coefficient (Wildman–Crippen LogP) is 7.40. The van der Waals surface area contributed by atoms with Crippen LogP contribution in [0.1, 0.15) is 94.9 Å². The van der Waals surface area contributed by atoms with Crippen molar-refractivity contribution < 1.29 is 43.8 Å². The maximum atomic E-state index is 12.5. The Morgan fingerprint density at radius 1 is 0.611 bits per heavy atom. The van der Waals surface area contributed by atoms with Crippen molar-refractivity contribution in [1.29, 1.82) is 0 Å². The van der Waals surface area contributed by atoms with Crippen LogP contribution in [0.25, 0.3) is 12.2 Å². The van der Waals surface area contributed by atoms with Crippen molar-refractivity contribution in [1.82, 2.24) is 5.32 Å². The summed E-state index contributed by atoms with van der Waals surface area (Å²) in [6.45, 7) is 0.531. The van der Waals surface area contributed by atoms with Gasteiger partial charge in [-0.15, -0.1) is 0 Å². The van der Waals surface area contributed by atoms with Gasteiger partial charge < -0.3 is 49.6 Å². The number of benzene rings is 4. The van der Waals surface area contributed by atoms with Crippen LogP contribution in [0.15, 0.2) is 66.7 Å². The van der Waals surface area contributed by atoms with Crippen LogP contribution < -0.4 is 34.3 Å². The van der Waals surface area contributed by atoms with Crippen LogP contribution in [0.5, 0.6) is 28.7 Å². The molecule has 5 rings (SSSR count). The highest BCUT2D eigenvalue weighted by molar-refractivity contribution is 6.01. The highest BCUT2D eigenvalue weighted by Gasteiger charge is 2.25. The van der Waals surface area contributed by atoms with E-state index >= 15 is 0 Å². The molecule has 288 valence electrons. The molecule has 0 aliphatic carbocycles. The van der Waals surface area contributed by atoms with Crippen molar-refractivity contribution >= 4 is 23.7 Å². The van der Waals surface area contributed by atoms with E-state index in [2.05, 4.69) is 10.6 Å². The highest BCUT2D eigenvalue weighted by Crippen LogP contribution is 2.39. The van der Waals surface area contributed by atoms with E-state index in [0.717, 1.165) is 67.3 Å². The van der Waals surface area contributed by atoms with E-state index in [0.29, 0.717) is 64.2 Å². The Labute approximate surface area is 317 Å². The third kappa shape index (κ3) is 10.2. The number of anilines is 1. The summed E-state index contributed by atoms with van der Waals surface area (Å²) < 4.78 is 28.9. The number of fused-ring (bicyclic) bond motifs is 1. The first-order valence-electron chi connectivity index (χ1n) is 18.4. The molecule has 1 amide bonds. The lowest BCUT2D eigenvalue weighted by Crippen LogP contribution is -2.38. The van der Waals surface area contributed by atoms with Gasteiger partial charge >= 0.3 is 0 Å². The van der Waals surface area contributed by atoms with Gasteiger partial charge in [0.25, 0.3) is 5.91 Å². The summed E-state index contributed by atoms with van der Waals surface area (Å²) in [4.78, 5) is 12.5. The number of hydrogen-bond acceptors (Lipinski definition) is 10. The van der Waals surface area contributed by atoms with Gasteiger partial charge in [-0.3, -0.25) is 4.79 Å². The van der Waals surface area contributed by atoms with Crippen molar-refractivity contribution in [2.75, 3.05) is 39.9 Å². The number of carbonyl (C=O) groups is 1. The van der Waals surface area contributed by atoms with E-state index in [-0.39, 0.29) is 31.9 Å². The number of aliphatic hydroxyl groups excluding tert-OH is 3. The van der Waals surface area contributed by atoms with E-state index < -0.39 is 0 Å². The molecule has 0 saturated heterocycles. The zero-order chi connectivity index (χ0) is 38.3. The van der Waals surface area contributed by atoms with Gasteiger partial charge in [-0.1, -0.05) is 62.5 Å². The predicted molar refractivity (Wildman–Crippen MR) is 209 cm³/mol. The molecule has 4 aromatic rings. The standard InChI is InChI=1S/C43H52N2O9/c1-50-38-22-29(21-32(26-46)35(38)28-48)15-16-30-23-39(51-2)41(40(24-30)52-3)54-20-12-8-6-4-5-7-11-19-53-37-18-17-31(25-33(37)27-47)42-44-36-14-10-9-13-34(36)43(49)45-42/h9-10,13-18,21-25,42,44,46-48H,4-8,11-12,19-20,26-28H2,1-3H3,(H,45,49)/b16-15-. The fourth-order valence-corrected chi connectivity index (χ4v) is 6.52. The molecule has 54 heavy (non-hydrogen) atoms. The minimum atomic E-state index is -0.387. The number of hydrogen-bond donors (Lipinski definition) is 5. The molecule has 0 bridgehead atoms. The van der Waals surface area contributed by atoms with Crippen molar-refractivity contribution in [3.63, 3.8) is 0 Å². The largest absolute Gasteiger partial charge is 0.496 e. The Balaban J connectivity index is 1.00. The van der Waals surface area contributed by atoms with Crippen LogP contribution in [0, 0.1) is 0 Å². The van der Waals surface area contributed by atoms with Gasteiger partial charge in [0.05, 0.1) is 59.9 Å². The molecule has 0 saturated carbocycles. The molecular formula is C43H52N2O9. The van der Waals surface area contributed by atoms with Gasteiger partial charge in [0.15, 0.2) is 11.5 Å². The third-order valence-corrected chi connectivity index (χ3v) is 9.45. The summed E-state index contributed by atoms with van der Waals surface area (Å²) >= 11 is 0. The second-order valence-electron chi connectivity index (χ2n) is 13.1. The summed E-state index contributed by atoms with van der Waals surface area (Å²) in [6.07, 6.45) is 10.7. The van der Waals surface area contributed by atoms with Crippen LogP contribution in [0.3, 0.4) is 0 Å². The number of para-hydroxylation sites is 1. The zero-order valence-corrected chi connectivity index (χ0v) is 31.4. The SMILES string of the molecule is COc1cc(/C=C\c2cc(OC)c(OCCCCCCCCCOc3ccc(C4NC(=O)c5ccccc5N4)cc3CO)c(OC)c2)cc(CO)c1CO. The molecule has 0 aromatic heterocycles. The van der Waals surface area contributed by atoms with Crippen LogP contribution >= 0.6 is 0 Å². The van der Waals surface area contributed by atoms with Crippen molar-refractivity contribution in [2.45, 2.75) is 70.9 Å². The summed E-state index contributed by atoms with van der Waals surface area (Å²) in [6, 6.07) is 20.5. The molecule has 0 spiro atoms. The molecule has 1 aliphatic heterocycles. The molecule has 1 heterocycles. The molecule has 0 fully saturated rings. The Morgan fingerprint density at radius 2 is 1.20 bits per heavy atom. The fourth-order valence-electron chi connectivity index (χ4n) is 6.52. The molecule has 1 aliphatic rings. The lowest BCUT2D eigenvalue weighted by Gasteiger charge is -2.28. The monoisotopic (exact) mass is 740 g/mol. The molecule has 0 radical (unpaired) electrons. The van der Waals surface area contributed by atoms with Crippen LogP contribution in [0.4, 0.5) is 5.69 Å². The minimum Gasteiger partial charge on any atom is -0.496 e. The van der Waals surface area contributed by atoms with Crippen LogP contribution in [-0.2, 0) is 19.8 Å². The minimum absolute atomic E-state index is 0.132. The first-order valence-corrected chi connectivity index (χ1v) is 18.4. The van der Waals surface area contributed by atoms with E-state index in [1.165, 1.54) is 7.11 Å². The van der Waals surface area contributed by atoms with Gasteiger partial charge in [0.1, 0.15) is 17.7 Å². The maximum Gasteiger partial charge on any atom is 0.255 e. The fraction of sp³-hybridized carbons (Fsp3) is 0.372. The smallest absolute Gasteiger partial charge is 0.255 e. The van der Waals surface area contributed by atoms with Crippen molar-refractivity contribution in [3.05, 3.63) is 106 Å². The number of amides is 1. The number of methoxy groups -OCH3 is 3. The number of carbonyl (C=O) groups excluding carboxylic acids is 1. The molecule has 5 N–H and O–H groups in total. The summed E-state index contributed by atoms with van der Waals surface area (Å²) in [5.74, 6) is 2.75. The lowest BCUT2D eigenvalue weighted by atomic mass is 10.0. The van der Waals surface area contributed by atoms with Gasteiger partial charge in [0.2, 0.25) is 5.75 Å². The molecule has 4 aromatic carbocycles. The summed E-state index contributed by atoms with van der Waals surface area (Å²) in [5.41, 5.74) is 5.77. The van der Waals surface area contributed by atoms with Crippen molar-refractivity contribution in [2.24, 2.45) is 0 Å². The third-order valence-electron chi connectivity index (χ3n) is 9.45. The Kier molecular flexibility index (Phi) is 15.0. The Bertz CT molecular complexity index is 1830. The highest BCUT2D eigenvalue weighted by atomic mass is 16.5. The van der Waals surface area contributed by atoms with Crippen LogP contribution in [0.2, 0.25) is 0 Å². The molecular weight excluding hydrogens is 688 g/mol. The Morgan fingerprint density at radius 3 is 1.83 bits per heavy atom. The Hall–Kier alpha value is -5.23. The first-order chi connectivity index (χ1) is 26.4. The second kappa shape index (κ2) is 20.3. The molecule has 11 heteroatoms. The summed E-state index contributed by atoms with van der Waals surface area (Å²) in [5, 5.41) is 35.8. The lowest BCUT2D eigenvalue weighted by molar-refractivity contribution is 0.0935. The first kappa shape index (κ1) is 40.0. The average molecular weight is 741 g/mol. The number of nitrogens with one attached hydrogen (secondary N) is 2. The quantitative estimate of drug-likeness (QED) is 0.0432. The molecule has 1 atom stereocenters. The van der Waals surface area contributed by atoms with Gasteiger partial charge in [-0.25, -0.2) is 0 Å². The van der Waals surface area contributed by atoms with Crippen molar-refractivity contribution in [3.8, 4) is 28.7 Å². The topological polar surface area (TPSA) is 148 Å². The molecule has 11 nitrogen and oxygen atoms in total. The number of aliphatic hydroxyl groups is 3. The number of unbranched alkanes of at least 4 members (excludes halogenated alkanes) is 6.